The molecule has 4 rings (SSSR count). The first-order valence-electron chi connectivity index (χ1n) is 9.17. The van der Waals surface area contributed by atoms with Gasteiger partial charge in [-0.2, -0.15) is 0 Å². The zero-order valence-corrected chi connectivity index (χ0v) is 16.6. The highest BCUT2D eigenvalue weighted by atomic mass is 32.1. The van der Waals surface area contributed by atoms with Crippen LogP contribution in [0.2, 0.25) is 0 Å². The monoisotopic (exact) mass is 385 g/mol. The zero-order valence-electron chi connectivity index (χ0n) is 15.7. The molecule has 142 valence electrons. The lowest BCUT2D eigenvalue weighted by Gasteiger charge is -2.20. The molecule has 3 amide bonds. The third kappa shape index (κ3) is 3.00. The molecule has 0 spiro atoms. The fourth-order valence-electron chi connectivity index (χ4n) is 3.91. The van der Waals surface area contributed by atoms with Crippen molar-refractivity contribution in [1.82, 2.24) is 14.8 Å². The van der Waals surface area contributed by atoms with E-state index in [0.717, 1.165) is 29.1 Å². The van der Waals surface area contributed by atoms with Crippen molar-refractivity contribution < 1.29 is 14.4 Å². The number of rotatable bonds is 6. The number of imide groups is 1. The lowest BCUT2D eigenvalue weighted by Crippen LogP contribution is -2.46. The molecule has 2 aromatic heterocycles. The van der Waals surface area contributed by atoms with Crippen molar-refractivity contribution in [2.75, 3.05) is 6.54 Å². The number of nitrogens with one attached hydrogen (secondary N) is 1. The molecule has 1 atom stereocenters. The van der Waals surface area contributed by atoms with Gasteiger partial charge in [-0.15, -0.1) is 11.3 Å². The first kappa shape index (κ1) is 18.0. The fraction of sp³-hybridized carbons (Fsp3) is 0.450. The molecule has 7 heteroatoms. The van der Waals surface area contributed by atoms with Gasteiger partial charge in [0.2, 0.25) is 0 Å². The summed E-state index contributed by atoms with van der Waals surface area (Å²) < 4.78 is 2.10. The lowest BCUT2D eigenvalue weighted by molar-refractivity contribution is -0.131. The Balaban J connectivity index is 1.53. The molecule has 2 aliphatic rings. The van der Waals surface area contributed by atoms with Gasteiger partial charge in [0, 0.05) is 21.8 Å². The summed E-state index contributed by atoms with van der Waals surface area (Å²) >= 11 is 1.68. The summed E-state index contributed by atoms with van der Waals surface area (Å²) in [6.45, 7) is 6.15. The molecular weight excluding hydrogens is 362 g/mol. The minimum absolute atomic E-state index is 0.185. The van der Waals surface area contributed by atoms with Gasteiger partial charge in [-0.25, -0.2) is 4.79 Å². The highest BCUT2D eigenvalue weighted by molar-refractivity contribution is 7.09. The van der Waals surface area contributed by atoms with Crippen LogP contribution in [0.1, 0.15) is 46.4 Å². The number of aryl methyl sites for hydroxylation is 1. The van der Waals surface area contributed by atoms with Gasteiger partial charge in [0.1, 0.15) is 5.54 Å². The second kappa shape index (κ2) is 6.34. The number of hydrogen-bond donors (Lipinski definition) is 1. The average molecular weight is 385 g/mol. The number of urea groups is 1. The molecule has 1 saturated heterocycles. The number of ketones is 1. The van der Waals surface area contributed by atoms with Crippen molar-refractivity contribution in [2.24, 2.45) is 5.92 Å². The SMILES string of the molecule is Cc1cc(C(=O)CN2C(=O)N[C@](C)(C3CC3)C2=O)c(C)n1Cc1cccs1. The lowest BCUT2D eigenvalue weighted by atomic mass is 9.96. The Morgan fingerprint density at radius 1 is 1.33 bits per heavy atom. The van der Waals surface area contributed by atoms with E-state index in [1.807, 2.05) is 31.4 Å². The van der Waals surface area contributed by atoms with Crippen LogP contribution in [0, 0.1) is 19.8 Å². The summed E-state index contributed by atoms with van der Waals surface area (Å²) in [6, 6.07) is 5.46. The molecule has 0 radical (unpaired) electrons. The van der Waals surface area contributed by atoms with Gasteiger partial charge < -0.3 is 9.88 Å². The van der Waals surface area contributed by atoms with Gasteiger partial charge in [-0.1, -0.05) is 6.07 Å². The number of carbonyl (C=O) groups is 3. The van der Waals surface area contributed by atoms with E-state index in [9.17, 15) is 14.4 Å². The van der Waals surface area contributed by atoms with E-state index in [1.165, 1.54) is 4.88 Å². The molecule has 1 saturated carbocycles. The summed E-state index contributed by atoms with van der Waals surface area (Å²) in [5.74, 6) is -0.301. The number of aromatic nitrogens is 1. The maximum Gasteiger partial charge on any atom is 0.325 e. The van der Waals surface area contributed by atoms with Crippen LogP contribution >= 0.6 is 11.3 Å². The number of thiophene rings is 1. The number of nitrogens with zero attached hydrogens (tertiary/aromatic N) is 2. The number of amides is 3. The minimum Gasteiger partial charge on any atom is -0.343 e. The Morgan fingerprint density at radius 3 is 2.70 bits per heavy atom. The Morgan fingerprint density at radius 2 is 2.07 bits per heavy atom. The predicted molar refractivity (Wildman–Crippen MR) is 103 cm³/mol. The molecule has 1 aliphatic heterocycles. The van der Waals surface area contributed by atoms with Gasteiger partial charge in [-0.3, -0.25) is 14.5 Å². The number of Topliss-reactive ketones (excluding diaryl/α,β-unsaturated/α-hetero) is 1. The smallest absolute Gasteiger partial charge is 0.325 e. The second-order valence-corrected chi connectivity index (χ2v) is 8.70. The van der Waals surface area contributed by atoms with Gasteiger partial charge in [0.05, 0.1) is 13.1 Å². The summed E-state index contributed by atoms with van der Waals surface area (Å²) in [4.78, 5) is 40.2. The molecule has 2 aromatic rings. The molecule has 2 fully saturated rings. The molecule has 1 N–H and O–H groups in total. The summed E-state index contributed by atoms with van der Waals surface area (Å²) in [7, 11) is 0. The highest BCUT2D eigenvalue weighted by Gasteiger charge is 2.56. The maximum absolute atomic E-state index is 12.9. The largest absolute Gasteiger partial charge is 0.343 e. The summed E-state index contributed by atoms with van der Waals surface area (Å²) in [5, 5.41) is 4.82. The van der Waals surface area contributed by atoms with Crippen LogP contribution in [-0.4, -0.2) is 39.3 Å². The summed E-state index contributed by atoms with van der Waals surface area (Å²) in [6.07, 6.45) is 1.88. The van der Waals surface area contributed by atoms with Crippen LogP contribution in [0.15, 0.2) is 23.6 Å². The van der Waals surface area contributed by atoms with Crippen LogP contribution in [0.5, 0.6) is 0 Å². The molecule has 0 unspecified atom stereocenters. The molecular formula is C20H23N3O3S. The van der Waals surface area contributed by atoms with Crippen molar-refractivity contribution in [3.63, 3.8) is 0 Å². The van der Waals surface area contributed by atoms with Crippen molar-refractivity contribution in [3.05, 3.63) is 45.4 Å². The third-order valence-electron chi connectivity index (χ3n) is 5.76. The van der Waals surface area contributed by atoms with E-state index in [4.69, 9.17) is 0 Å². The Bertz CT molecular complexity index is 927. The Hall–Kier alpha value is -2.41. The first-order valence-corrected chi connectivity index (χ1v) is 10.1. The van der Waals surface area contributed by atoms with Gasteiger partial charge >= 0.3 is 6.03 Å². The molecule has 27 heavy (non-hydrogen) atoms. The van der Waals surface area contributed by atoms with Crippen molar-refractivity contribution in [2.45, 2.75) is 45.7 Å². The molecule has 6 nitrogen and oxygen atoms in total. The topological polar surface area (TPSA) is 71.4 Å². The second-order valence-electron chi connectivity index (χ2n) is 7.67. The van der Waals surface area contributed by atoms with E-state index < -0.39 is 11.6 Å². The van der Waals surface area contributed by atoms with Crippen molar-refractivity contribution in [1.29, 1.82) is 0 Å². The van der Waals surface area contributed by atoms with Gasteiger partial charge in [0.15, 0.2) is 5.78 Å². The van der Waals surface area contributed by atoms with E-state index in [-0.39, 0.29) is 24.2 Å². The van der Waals surface area contributed by atoms with E-state index in [1.54, 1.807) is 18.3 Å². The Labute approximate surface area is 162 Å². The van der Waals surface area contributed by atoms with Crippen LogP contribution < -0.4 is 5.32 Å². The van der Waals surface area contributed by atoms with Crippen LogP contribution in [0.3, 0.4) is 0 Å². The first-order chi connectivity index (χ1) is 12.8. The maximum atomic E-state index is 12.9. The van der Waals surface area contributed by atoms with Crippen molar-refractivity contribution >= 4 is 29.1 Å². The van der Waals surface area contributed by atoms with E-state index in [0.29, 0.717) is 12.1 Å². The normalized spacial score (nSPS) is 22.4. The van der Waals surface area contributed by atoms with Gasteiger partial charge in [0.25, 0.3) is 5.91 Å². The number of carbonyl (C=O) groups excluding carboxylic acids is 3. The molecule has 0 bridgehead atoms. The quantitative estimate of drug-likeness (QED) is 0.613. The zero-order chi connectivity index (χ0) is 19.3. The molecule has 3 heterocycles. The molecule has 0 aromatic carbocycles. The van der Waals surface area contributed by atoms with Gasteiger partial charge in [-0.05, 0) is 57.0 Å². The van der Waals surface area contributed by atoms with Crippen LogP contribution in [-0.2, 0) is 11.3 Å². The average Bonchev–Trinajstić information content (AvgIpc) is 3.24. The van der Waals surface area contributed by atoms with E-state index >= 15 is 0 Å². The third-order valence-corrected chi connectivity index (χ3v) is 6.63. The van der Waals surface area contributed by atoms with Crippen molar-refractivity contribution in [3.8, 4) is 0 Å². The van der Waals surface area contributed by atoms with Crippen LogP contribution in [0.4, 0.5) is 4.79 Å². The van der Waals surface area contributed by atoms with E-state index in [2.05, 4.69) is 16.0 Å². The predicted octanol–water partition coefficient (Wildman–Crippen LogP) is 3.12. The number of hydrogen-bond acceptors (Lipinski definition) is 4. The highest BCUT2D eigenvalue weighted by Crippen LogP contribution is 2.42. The molecule has 1 aliphatic carbocycles. The Kier molecular flexibility index (Phi) is 4.22. The standard InChI is InChI=1S/C20H23N3O3S/c1-12-9-16(13(2)22(12)10-15-5-4-8-27-15)17(24)11-23-18(25)20(3,14-6-7-14)21-19(23)26/h4-5,8-9,14H,6-7,10-11H2,1-3H3,(H,21,26)/t20-/m1/s1. The summed E-state index contributed by atoms with van der Waals surface area (Å²) in [5.41, 5.74) is 1.57. The fourth-order valence-corrected chi connectivity index (χ4v) is 4.60. The minimum atomic E-state index is -0.854. The van der Waals surface area contributed by atoms with Crippen LogP contribution in [0.25, 0.3) is 0 Å².